The minimum absolute atomic E-state index is 0.0304. The number of nitrogens with zero attached hydrogens (tertiary/aromatic N) is 2. The van der Waals surface area contributed by atoms with Crippen LogP contribution in [-0.4, -0.2) is 15.5 Å². The molecule has 0 aromatic rings. The van der Waals surface area contributed by atoms with Gasteiger partial charge >= 0.3 is 5.66 Å². The summed E-state index contributed by atoms with van der Waals surface area (Å²) in [5.74, 6) is 0. The van der Waals surface area contributed by atoms with Crippen LogP contribution in [0.4, 0.5) is 0 Å². The van der Waals surface area contributed by atoms with Gasteiger partial charge in [-0.3, -0.25) is 26.0 Å². The van der Waals surface area contributed by atoms with Crippen molar-refractivity contribution in [2.45, 2.75) is 12.1 Å². The summed E-state index contributed by atoms with van der Waals surface area (Å²) in [5, 5.41) is 20.7. The van der Waals surface area contributed by atoms with Crippen LogP contribution < -0.4 is 5.73 Å². The molecule has 0 heterocycles. The largest absolute Gasteiger partial charge is 0.301 e. The summed E-state index contributed by atoms with van der Waals surface area (Å²) in [6.07, 6.45) is 3.35. The van der Waals surface area contributed by atoms with Crippen LogP contribution in [0.15, 0.2) is 23.9 Å². The number of rotatable bonds is 2. The van der Waals surface area contributed by atoms with Crippen LogP contribution in [0.5, 0.6) is 0 Å². The molecule has 1 rings (SSSR count). The molecule has 7 nitrogen and oxygen atoms in total. The lowest BCUT2D eigenvalue weighted by Crippen LogP contribution is -2.46. The van der Waals surface area contributed by atoms with E-state index < -0.39 is 15.5 Å². The van der Waals surface area contributed by atoms with Crippen molar-refractivity contribution in [1.29, 1.82) is 0 Å². The van der Waals surface area contributed by atoms with Crippen LogP contribution in [0.1, 0.15) is 6.42 Å². The van der Waals surface area contributed by atoms with Crippen molar-refractivity contribution in [2.75, 3.05) is 0 Å². The molecule has 2 N–H and O–H groups in total. The number of hydrogen-bond donors (Lipinski definition) is 1. The summed E-state index contributed by atoms with van der Waals surface area (Å²) in [6.45, 7) is 0. The Kier molecular flexibility index (Phi) is 2.11. The third-order valence-corrected chi connectivity index (χ3v) is 1.68. The Bertz CT molecular complexity index is 322. The molecule has 0 saturated heterocycles. The van der Waals surface area contributed by atoms with Crippen molar-refractivity contribution >= 4 is 0 Å². The van der Waals surface area contributed by atoms with E-state index in [0.29, 0.717) is 0 Å². The molecule has 70 valence electrons. The highest BCUT2D eigenvalue weighted by Gasteiger charge is 2.39. The molecule has 7 heteroatoms. The zero-order chi connectivity index (χ0) is 10.1. The highest BCUT2D eigenvalue weighted by molar-refractivity contribution is 5.21. The first-order valence-electron chi connectivity index (χ1n) is 3.43. The molecule has 0 aromatic heterocycles. The Balaban J connectivity index is 3.02. The van der Waals surface area contributed by atoms with Gasteiger partial charge in [0.05, 0.1) is 17.4 Å². The van der Waals surface area contributed by atoms with Gasteiger partial charge in [0.15, 0.2) is 0 Å². The summed E-state index contributed by atoms with van der Waals surface area (Å²) < 4.78 is 0. The highest BCUT2D eigenvalue weighted by Crippen LogP contribution is 2.19. The minimum Gasteiger partial charge on any atom is -0.262 e. The van der Waals surface area contributed by atoms with Gasteiger partial charge in [-0.05, 0) is 0 Å². The van der Waals surface area contributed by atoms with Crippen LogP contribution >= 0.6 is 0 Å². The van der Waals surface area contributed by atoms with Crippen molar-refractivity contribution in [3.63, 3.8) is 0 Å². The summed E-state index contributed by atoms with van der Waals surface area (Å²) in [5.41, 5.74) is 3.12. The Labute approximate surface area is 72.8 Å². The molecule has 1 unspecified atom stereocenters. The standard InChI is InChI=1S/C6H7N3O4/c7-6(9(12)13)3-1-2-5(4-6)8(10)11/h1-2,4H,3,7H2. The molecular weight excluding hydrogens is 178 g/mol. The maximum atomic E-state index is 10.4. The second-order valence-electron chi connectivity index (χ2n) is 2.68. The Hall–Kier alpha value is -1.76. The van der Waals surface area contributed by atoms with E-state index in [-0.39, 0.29) is 12.1 Å². The fourth-order valence-electron chi connectivity index (χ4n) is 0.972. The Morgan fingerprint density at radius 1 is 1.46 bits per heavy atom. The highest BCUT2D eigenvalue weighted by atomic mass is 16.6. The maximum Gasteiger partial charge on any atom is 0.301 e. The zero-order valence-corrected chi connectivity index (χ0v) is 6.54. The lowest BCUT2D eigenvalue weighted by atomic mass is 10.0. The van der Waals surface area contributed by atoms with E-state index in [9.17, 15) is 20.2 Å². The zero-order valence-electron chi connectivity index (χ0n) is 6.54. The average Bonchev–Trinajstić information content (AvgIpc) is 2.04. The van der Waals surface area contributed by atoms with Gasteiger partial charge in [0, 0.05) is 11.0 Å². The fraction of sp³-hybridized carbons (Fsp3) is 0.333. The molecule has 0 spiro atoms. The van der Waals surface area contributed by atoms with E-state index in [0.717, 1.165) is 6.08 Å². The van der Waals surface area contributed by atoms with Crippen molar-refractivity contribution < 1.29 is 9.85 Å². The first kappa shape index (κ1) is 9.33. The van der Waals surface area contributed by atoms with Crippen LogP contribution in [0, 0.1) is 20.2 Å². The third-order valence-electron chi connectivity index (χ3n) is 1.68. The lowest BCUT2D eigenvalue weighted by molar-refractivity contribution is -0.555. The summed E-state index contributed by atoms with van der Waals surface area (Å²) in [4.78, 5) is 19.3. The summed E-state index contributed by atoms with van der Waals surface area (Å²) in [6, 6.07) is 0. The molecule has 0 radical (unpaired) electrons. The van der Waals surface area contributed by atoms with Crippen LogP contribution in [0.3, 0.4) is 0 Å². The van der Waals surface area contributed by atoms with Gasteiger partial charge in [0.25, 0.3) is 5.70 Å². The molecule has 1 aliphatic rings. The van der Waals surface area contributed by atoms with Gasteiger partial charge in [-0.1, -0.05) is 6.08 Å². The van der Waals surface area contributed by atoms with Gasteiger partial charge in [-0.15, -0.1) is 0 Å². The number of nitro groups is 2. The predicted molar refractivity (Wildman–Crippen MR) is 42.7 cm³/mol. The van der Waals surface area contributed by atoms with Crippen molar-refractivity contribution in [2.24, 2.45) is 5.73 Å². The number of nitrogens with two attached hydrogens (primary N) is 1. The molecule has 1 aliphatic carbocycles. The topological polar surface area (TPSA) is 112 Å². The third kappa shape index (κ3) is 1.70. The molecule has 0 aromatic carbocycles. The molecule has 0 saturated carbocycles. The second kappa shape index (κ2) is 2.94. The van der Waals surface area contributed by atoms with Gasteiger partial charge in [-0.25, -0.2) is 0 Å². The van der Waals surface area contributed by atoms with E-state index in [2.05, 4.69) is 0 Å². The Morgan fingerprint density at radius 2 is 2.08 bits per heavy atom. The molecular formula is C6H7N3O4. The first-order chi connectivity index (χ1) is 5.96. The molecule has 13 heavy (non-hydrogen) atoms. The van der Waals surface area contributed by atoms with E-state index in [1.807, 2.05) is 0 Å². The normalized spacial score (nSPS) is 26.7. The monoisotopic (exact) mass is 185 g/mol. The quantitative estimate of drug-likeness (QED) is 0.370. The molecule has 1 atom stereocenters. The fourth-order valence-corrected chi connectivity index (χ4v) is 0.972. The smallest absolute Gasteiger partial charge is 0.262 e. The summed E-state index contributed by atoms with van der Waals surface area (Å²) >= 11 is 0. The number of allylic oxidation sites excluding steroid dienone is 1. The minimum atomic E-state index is -1.84. The number of hydrogen-bond acceptors (Lipinski definition) is 5. The van der Waals surface area contributed by atoms with E-state index in [4.69, 9.17) is 5.73 Å². The van der Waals surface area contributed by atoms with Gasteiger partial charge in [-0.2, -0.15) is 0 Å². The van der Waals surface area contributed by atoms with Crippen LogP contribution in [-0.2, 0) is 0 Å². The van der Waals surface area contributed by atoms with Crippen LogP contribution in [0.25, 0.3) is 0 Å². The van der Waals surface area contributed by atoms with Gasteiger partial charge < -0.3 is 0 Å². The Morgan fingerprint density at radius 3 is 2.54 bits per heavy atom. The van der Waals surface area contributed by atoms with Crippen molar-refractivity contribution in [3.05, 3.63) is 44.2 Å². The SMILES string of the molecule is NC1([N+](=O)[O-])C=C([N+](=O)[O-])C=CC1. The summed E-state index contributed by atoms with van der Waals surface area (Å²) in [7, 11) is 0. The first-order valence-corrected chi connectivity index (χ1v) is 3.43. The van der Waals surface area contributed by atoms with Crippen molar-refractivity contribution in [3.8, 4) is 0 Å². The van der Waals surface area contributed by atoms with E-state index in [1.165, 1.54) is 12.2 Å². The van der Waals surface area contributed by atoms with Crippen LogP contribution in [0.2, 0.25) is 0 Å². The van der Waals surface area contributed by atoms with Gasteiger partial charge in [0.2, 0.25) is 0 Å². The van der Waals surface area contributed by atoms with Crippen molar-refractivity contribution in [1.82, 2.24) is 0 Å². The maximum absolute atomic E-state index is 10.4. The van der Waals surface area contributed by atoms with Gasteiger partial charge in [0.1, 0.15) is 0 Å². The molecule has 0 bridgehead atoms. The average molecular weight is 185 g/mol. The molecule has 0 fully saturated rings. The van der Waals surface area contributed by atoms with E-state index >= 15 is 0 Å². The lowest BCUT2D eigenvalue weighted by Gasteiger charge is -2.16. The molecule has 0 amide bonds. The predicted octanol–water partition coefficient (Wildman–Crippen LogP) is 0.0386. The van der Waals surface area contributed by atoms with E-state index in [1.54, 1.807) is 0 Å². The molecule has 0 aliphatic heterocycles. The second-order valence-corrected chi connectivity index (χ2v) is 2.68.